The summed E-state index contributed by atoms with van der Waals surface area (Å²) in [6, 6.07) is 140. The maximum Gasteiger partial charge on any atom is 0.0540 e. The number of nitrogens with zero attached hydrogens (tertiary/aromatic N) is 2. The summed E-state index contributed by atoms with van der Waals surface area (Å²) in [6.07, 6.45) is 14.3. The van der Waals surface area contributed by atoms with E-state index in [-0.39, 0.29) is 10.8 Å². The summed E-state index contributed by atoms with van der Waals surface area (Å²) in [7, 11) is 0. The molecule has 0 saturated heterocycles. The highest BCUT2D eigenvalue weighted by Crippen LogP contribution is 2.71. The van der Waals surface area contributed by atoms with Crippen molar-refractivity contribution in [2.45, 2.75) is 75.0 Å². The molecule has 540 valence electrons. The number of anilines is 6. The first-order chi connectivity index (χ1) is 55.4. The lowest BCUT2D eigenvalue weighted by atomic mass is 9.43. The van der Waals surface area contributed by atoms with E-state index in [1.165, 1.54) is 164 Å². The second kappa shape index (κ2) is 27.4. The number of benzene rings is 15. The Bertz CT molecular complexity index is 5940. The molecule has 25 rings (SSSR count). The van der Waals surface area contributed by atoms with E-state index in [9.17, 15) is 0 Å². The first kappa shape index (κ1) is 66.9. The standard InChI is InChI=1S/C58H47N.C52H43N/c1-3-11-41(12-4-1)42-19-21-43(22-20-42)44-23-28-50(29-24-44)59(57-18-10-8-15-52(57)46-13-5-2-6-14-46)51-30-25-45(26-31-51)47-27-32-56-54(38-47)53-16-7-9-17-55(53)58(56)48-34-39-33-40(36-48)37-49(58)35-39;1-3-12-37(13-4-1)40-16-11-17-45(33-40)53(51-21-10-8-18-46(51)39-14-5-2-6-15-39)44-25-22-38(23-26-44)41-24-27-50-48(34-41)47-19-7-9-20-49(47)52(50)42-29-35-28-36(31-42)32-43(52)30-35/h1-32,38-40,48-49H,33-37H2;1-27,33-36,42-43H,28-32H2. The molecule has 0 N–H and O–H groups in total. The predicted octanol–water partition coefficient (Wildman–Crippen LogP) is 29.4. The zero-order valence-electron chi connectivity index (χ0n) is 63.4. The van der Waals surface area contributed by atoms with Gasteiger partial charge in [-0.15, -0.1) is 0 Å². The SMILES string of the molecule is c1ccc(-c2ccc(-c3ccc(N(c4ccc(-c5ccc6c(c5)-c5ccccc5C65C6CC7CC(C6)CC5C7)cc4)c4ccccc4-c4ccccc4)cc3)cc2)cc1.c1ccc(-c2cccc(N(c3ccc(-c4ccc5c(c4)-c4ccccc4C54C5CC6CC(C5)CC4C6)cc3)c3ccccc3-c3ccccc3)c2)cc1. The highest BCUT2D eigenvalue weighted by Gasteiger charge is 2.63. The summed E-state index contributed by atoms with van der Waals surface area (Å²) in [4.78, 5) is 4.84. The van der Waals surface area contributed by atoms with Crippen molar-refractivity contribution in [3.05, 3.63) is 398 Å². The van der Waals surface area contributed by atoms with Crippen LogP contribution in [0.25, 0.3) is 100 Å². The molecular formula is C110H90N2. The van der Waals surface area contributed by atoms with Crippen LogP contribution in [0.15, 0.2) is 376 Å². The summed E-state index contributed by atoms with van der Waals surface area (Å²) in [5.41, 5.74) is 36.9. The Balaban J connectivity index is 0.000000138. The Kier molecular flexibility index (Phi) is 16.4. The van der Waals surface area contributed by atoms with Gasteiger partial charge in [-0.1, -0.05) is 303 Å². The van der Waals surface area contributed by atoms with E-state index in [1.807, 2.05) is 0 Å². The smallest absolute Gasteiger partial charge is 0.0540 e. The van der Waals surface area contributed by atoms with Gasteiger partial charge in [0.25, 0.3) is 0 Å². The van der Waals surface area contributed by atoms with E-state index in [4.69, 9.17) is 0 Å². The normalized spacial score (nSPS) is 22.5. The average Bonchev–Trinajstić information content (AvgIpc) is 1.50. The largest absolute Gasteiger partial charge is 0.310 e. The fourth-order valence-electron chi connectivity index (χ4n) is 23.9. The second-order valence-corrected chi connectivity index (χ2v) is 33.9. The third-order valence-electron chi connectivity index (χ3n) is 28.1. The third-order valence-corrected chi connectivity index (χ3v) is 28.1. The first-order valence-electron chi connectivity index (χ1n) is 41.4. The molecule has 10 aliphatic rings. The molecule has 0 amide bonds. The first-order valence-corrected chi connectivity index (χ1v) is 41.4. The molecule has 15 aromatic rings. The topological polar surface area (TPSA) is 6.48 Å². The lowest BCUT2D eigenvalue weighted by Crippen LogP contribution is -2.55. The van der Waals surface area contributed by atoms with Crippen LogP contribution in [-0.4, -0.2) is 0 Å². The van der Waals surface area contributed by atoms with Crippen LogP contribution in [0.2, 0.25) is 0 Å². The van der Waals surface area contributed by atoms with E-state index in [1.54, 1.807) is 22.3 Å². The van der Waals surface area contributed by atoms with Crippen LogP contribution in [0.3, 0.4) is 0 Å². The quantitative estimate of drug-likeness (QED) is 0.114. The van der Waals surface area contributed by atoms with Crippen molar-refractivity contribution in [3.8, 4) is 100 Å². The minimum absolute atomic E-state index is 0.204. The van der Waals surface area contributed by atoms with Crippen molar-refractivity contribution >= 4 is 34.1 Å². The number of hydrogen-bond donors (Lipinski definition) is 0. The average molecular weight is 1440 g/mol. The third kappa shape index (κ3) is 11.1. The van der Waals surface area contributed by atoms with E-state index in [0.29, 0.717) is 0 Å². The highest BCUT2D eigenvalue weighted by molar-refractivity contribution is 5.93. The van der Waals surface area contributed by atoms with Gasteiger partial charge in [0.05, 0.1) is 11.4 Å². The molecule has 0 atom stereocenters. The van der Waals surface area contributed by atoms with Crippen LogP contribution in [0, 0.1) is 47.3 Å². The zero-order chi connectivity index (χ0) is 73.9. The minimum atomic E-state index is 0.204. The Morgan fingerprint density at radius 2 is 0.429 bits per heavy atom. The highest BCUT2D eigenvalue weighted by atomic mass is 15.2. The molecule has 2 nitrogen and oxygen atoms in total. The molecule has 2 heteroatoms. The molecule has 8 bridgehead atoms. The van der Waals surface area contributed by atoms with Crippen LogP contribution >= 0.6 is 0 Å². The van der Waals surface area contributed by atoms with Crippen molar-refractivity contribution in [2.75, 3.05) is 9.80 Å². The number of hydrogen-bond acceptors (Lipinski definition) is 2. The monoisotopic (exact) mass is 1440 g/mol. The maximum atomic E-state index is 2.54. The zero-order valence-corrected chi connectivity index (χ0v) is 63.4. The molecule has 0 unspecified atom stereocenters. The Morgan fingerprint density at radius 1 is 0.170 bits per heavy atom. The van der Waals surface area contributed by atoms with Crippen LogP contribution < -0.4 is 9.80 Å². The number of para-hydroxylation sites is 2. The fourth-order valence-corrected chi connectivity index (χ4v) is 23.9. The van der Waals surface area contributed by atoms with Gasteiger partial charge in [0.2, 0.25) is 0 Å². The summed E-state index contributed by atoms with van der Waals surface area (Å²) >= 11 is 0. The predicted molar refractivity (Wildman–Crippen MR) is 467 cm³/mol. The van der Waals surface area contributed by atoms with Crippen molar-refractivity contribution < 1.29 is 0 Å². The van der Waals surface area contributed by atoms with E-state index in [0.717, 1.165) is 81.5 Å². The van der Waals surface area contributed by atoms with Gasteiger partial charge in [-0.2, -0.15) is 0 Å². The van der Waals surface area contributed by atoms with Crippen LogP contribution in [0.5, 0.6) is 0 Å². The van der Waals surface area contributed by atoms with Gasteiger partial charge in [0.15, 0.2) is 0 Å². The Hall–Kier alpha value is -12.1. The molecule has 0 aliphatic heterocycles. The van der Waals surface area contributed by atoms with E-state index < -0.39 is 0 Å². The fraction of sp³-hybridized carbons (Fsp3) is 0.182. The van der Waals surface area contributed by atoms with Gasteiger partial charge < -0.3 is 9.80 Å². The molecule has 10 aliphatic carbocycles. The van der Waals surface area contributed by atoms with Gasteiger partial charge in [-0.3, -0.25) is 0 Å². The lowest BCUT2D eigenvalue weighted by Gasteiger charge is -2.61. The molecule has 8 saturated carbocycles. The van der Waals surface area contributed by atoms with Gasteiger partial charge in [0.1, 0.15) is 0 Å². The summed E-state index contributed by atoms with van der Waals surface area (Å²) < 4.78 is 0. The molecule has 0 heterocycles. The second-order valence-electron chi connectivity index (χ2n) is 33.9. The molecule has 0 radical (unpaired) electrons. The van der Waals surface area contributed by atoms with Gasteiger partial charge in [0, 0.05) is 44.7 Å². The molecule has 0 aromatic heterocycles. The Morgan fingerprint density at radius 3 is 0.812 bits per heavy atom. The molecule has 2 spiro atoms. The van der Waals surface area contributed by atoms with E-state index in [2.05, 4.69) is 386 Å². The summed E-state index contributed by atoms with van der Waals surface area (Å²) in [5.74, 6) is 6.96. The summed E-state index contributed by atoms with van der Waals surface area (Å²) in [6.45, 7) is 0. The van der Waals surface area contributed by atoms with Crippen molar-refractivity contribution in [2.24, 2.45) is 47.3 Å². The van der Waals surface area contributed by atoms with Crippen molar-refractivity contribution in [3.63, 3.8) is 0 Å². The number of fused-ring (bicyclic) bond motifs is 6. The van der Waals surface area contributed by atoms with Gasteiger partial charge in [-0.25, -0.2) is 0 Å². The molecular weight excluding hydrogens is 1350 g/mol. The lowest BCUT2D eigenvalue weighted by molar-refractivity contribution is -0.0399. The molecule has 8 fully saturated rings. The van der Waals surface area contributed by atoms with E-state index >= 15 is 0 Å². The van der Waals surface area contributed by atoms with Crippen LogP contribution in [0.4, 0.5) is 34.1 Å². The maximum absolute atomic E-state index is 2.54. The van der Waals surface area contributed by atoms with Gasteiger partial charge in [-0.05, 0) is 296 Å². The van der Waals surface area contributed by atoms with Crippen LogP contribution in [-0.2, 0) is 10.8 Å². The summed E-state index contributed by atoms with van der Waals surface area (Å²) in [5, 5.41) is 0. The molecule has 15 aromatic carbocycles. The molecule has 112 heavy (non-hydrogen) atoms. The van der Waals surface area contributed by atoms with Gasteiger partial charge >= 0.3 is 0 Å². The van der Waals surface area contributed by atoms with Crippen molar-refractivity contribution in [1.29, 1.82) is 0 Å². The number of rotatable bonds is 13. The van der Waals surface area contributed by atoms with Crippen molar-refractivity contribution in [1.82, 2.24) is 0 Å². The minimum Gasteiger partial charge on any atom is -0.310 e. The van der Waals surface area contributed by atoms with Crippen LogP contribution in [0.1, 0.15) is 86.5 Å². The Labute approximate surface area is 660 Å².